The molecule has 1 atom stereocenters. The summed E-state index contributed by atoms with van der Waals surface area (Å²) >= 11 is 0. The van der Waals surface area contributed by atoms with Crippen LogP contribution in [0.5, 0.6) is 0 Å². The molecule has 0 aromatic carbocycles. The number of likely N-dealkylation sites (tertiary alicyclic amines) is 1. The summed E-state index contributed by atoms with van der Waals surface area (Å²) in [5, 5.41) is 13.5. The van der Waals surface area contributed by atoms with Crippen LogP contribution in [-0.4, -0.2) is 39.3 Å². The predicted octanol–water partition coefficient (Wildman–Crippen LogP) is 0.968. The van der Waals surface area contributed by atoms with E-state index in [0.29, 0.717) is 24.4 Å². The summed E-state index contributed by atoms with van der Waals surface area (Å²) in [4.78, 5) is 13.8. The summed E-state index contributed by atoms with van der Waals surface area (Å²) in [7, 11) is 0. The maximum absolute atomic E-state index is 12.1. The van der Waals surface area contributed by atoms with E-state index in [0.717, 1.165) is 0 Å². The highest BCUT2D eigenvalue weighted by molar-refractivity contribution is 5.93. The molecule has 16 heavy (non-hydrogen) atoms. The molecule has 1 aliphatic rings. The van der Waals surface area contributed by atoms with Crippen molar-refractivity contribution in [1.82, 2.24) is 10.1 Å². The summed E-state index contributed by atoms with van der Waals surface area (Å²) in [6, 6.07) is 1.61. The van der Waals surface area contributed by atoms with E-state index in [2.05, 4.69) is 5.16 Å². The van der Waals surface area contributed by atoms with Crippen molar-refractivity contribution >= 4 is 5.91 Å². The quantitative estimate of drug-likeness (QED) is 0.771. The molecule has 5 heteroatoms. The van der Waals surface area contributed by atoms with Gasteiger partial charge in [0.25, 0.3) is 5.91 Å². The summed E-state index contributed by atoms with van der Waals surface area (Å²) in [6.45, 7) is 6.01. The van der Waals surface area contributed by atoms with Crippen molar-refractivity contribution in [2.45, 2.75) is 38.8 Å². The minimum atomic E-state index is -0.538. The Kier molecular flexibility index (Phi) is 2.50. The molecule has 1 aromatic rings. The predicted molar refractivity (Wildman–Crippen MR) is 57.0 cm³/mol. The van der Waals surface area contributed by atoms with Gasteiger partial charge in [-0.15, -0.1) is 0 Å². The highest BCUT2D eigenvalue weighted by Gasteiger charge is 2.43. The van der Waals surface area contributed by atoms with E-state index in [1.807, 2.05) is 13.8 Å². The molecule has 0 saturated carbocycles. The Balaban J connectivity index is 2.23. The summed E-state index contributed by atoms with van der Waals surface area (Å²) in [6.07, 6.45) is 0.125. The zero-order valence-corrected chi connectivity index (χ0v) is 9.73. The molecule has 0 spiro atoms. The second kappa shape index (κ2) is 3.59. The van der Waals surface area contributed by atoms with E-state index in [9.17, 15) is 9.90 Å². The van der Waals surface area contributed by atoms with E-state index in [1.165, 1.54) is 0 Å². The lowest BCUT2D eigenvalue weighted by molar-refractivity contribution is 0.0386. The number of aryl methyl sites for hydroxylation is 1. The molecule has 1 unspecified atom stereocenters. The van der Waals surface area contributed by atoms with E-state index < -0.39 is 11.6 Å². The van der Waals surface area contributed by atoms with Crippen LogP contribution in [0.1, 0.15) is 36.5 Å². The molecule has 0 aliphatic carbocycles. The Morgan fingerprint density at radius 3 is 2.81 bits per heavy atom. The van der Waals surface area contributed by atoms with Crippen LogP contribution in [0, 0.1) is 6.92 Å². The monoisotopic (exact) mass is 224 g/mol. The Morgan fingerprint density at radius 2 is 2.38 bits per heavy atom. The van der Waals surface area contributed by atoms with Gasteiger partial charge < -0.3 is 14.5 Å². The van der Waals surface area contributed by atoms with Crippen LogP contribution in [0.25, 0.3) is 0 Å². The molecule has 5 nitrogen and oxygen atoms in total. The minimum Gasteiger partial charge on any atom is -0.391 e. The Hall–Kier alpha value is -1.36. The molecule has 1 aromatic heterocycles. The summed E-state index contributed by atoms with van der Waals surface area (Å²) < 4.78 is 4.88. The zero-order chi connectivity index (χ0) is 11.9. The molecular formula is C11H16N2O3. The van der Waals surface area contributed by atoms with E-state index >= 15 is 0 Å². The van der Waals surface area contributed by atoms with Crippen molar-refractivity contribution in [2.24, 2.45) is 0 Å². The number of aromatic nitrogens is 1. The third-order valence-electron chi connectivity index (χ3n) is 3.23. The Bertz CT molecular complexity index is 411. The maximum Gasteiger partial charge on any atom is 0.276 e. The highest BCUT2D eigenvalue weighted by atomic mass is 16.5. The lowest BCUT2D eigenvalue weighted by Gasteiger charge is -2.33. The average molecular weight is 224 g/mol. The first kappa shape index (κ1) is 11.1. The van der Waals surface area contributed by atoms with Crippen molar-refractivity contribution in [1.29, 1.82) is 0 Å². The number of aliphatic hydroxyl groups excluding tert-OH is 1. The fourth-order valence-electron chi connectivity index (χ4n) is 2.04. The molecule has 0 bridgehead atoms. The molecule has 1 amide bonds. The first-order chi connectivity index (χ1) is 7.43. The third-order valence-corrected chi connectivity index (χ3v) is 3.23. The van der Waals surface area contributed by atoms with Gasteiger partial charge in [0.2, 0.25) is 0 Å². The van der Waals surface area contributed by atoms with Gasteiger partial charge in [0.1, 0.15) is 5.76 Å². The van der Waals surface area contributed by atoms with Crippen molar-refractivity contribution in [3.05, 3.63) is 17.5 Å². The van der Waals surface area contributed by atoms with Crippen LogP contribution < -0.4 is 0 Å². The average Bonchev–Trinajstić information content (AvgIpc) is 2.73. The van der Waals surface area contributed by atoms with Crippen molar-refractivity contribution < 1.29 is 14.4 Å². The Morgan fingerprint density at radius 1 is 1.69 bits per heavy atom. The van der Waals surface area contributed by atoms with Gasteiger partial charge in [-0.25, -0.2) is 0 Å². The topological polar surface area (TPSA) is 66.6 Å². The standard InChI is InChI=1S/C11H16N2O3/c1-7-6-8(12-16-7)10(15)13-5-4-9(14)11(13,2)3/h6,9,14H,4-5H2,1-3H3. The number of nitrogens with zero attached hydrogens (tertiary/aromatic N) is 2. The zero-order valence-electron chi connectivity index (χ0n) is 9.73. The number of carbonyl (C=O) groups is 1. The molecule has 1 saturated heterocycles. The van der Waals surface area contributed by atoms with Crippen molar-refractivity contribution in [2.75, 3.05) is 6.54 Å². The van der Waals surface area contributed by atoms with Gasteiger partial charge >= 0.3 is 0 Å². The van der Waals surface area contributed by atoms with E-state index in [1.54, 1.807) is 17.9 Å². The molecule has 2 heterocycles. The molecule has 1 fully saturated rings. The Labute approximate surface area is 94.0 Å². The van der Waals surface area contributed by atoms with Gasteiger partial charge in [-0.05, 0) is 27.2 Å². The first-order valence-electron chi connectivity index (χ1n) is 5.36. The van der Waals surface area contributed by atoms with Crippen LogP contribution in [0.4, 0.5) is 0 Å². The van der Waals surface area contributed by atoms with Crippen LogP contribution in [-0.2, 0) is 0 Å². The minimum absolute atomic E-state index is 0.182. The van der Waals surface area contributed by atoms with Gasteiger partial charge in [-0.2, -0.15) is 0 Å². The van der Waals surface area contributed by atoms with Crippen LogP contribution in [0.2, 0.25) is 0 Å². The molecular weight excluding hydrogens is 208 g/mol. The van der Waals surface area contributed by atoms with Crippen LogP contribution in [0.15, 0.2) is 10.6 Å². The largest absolute Gasteiger partial charge is 0.391 e. The number of hydrogen-bond acceptors (Lipinski definition) is 4. The van der Waals surface area contributed by atoms with Crippen molar-refractivity contribution in [3.8, 4) is 0 Å². The molecule has 0 radical (unpaired) electrons. The number of hydrogen-bond donors (Lipinski definition) is 1. The number of amides is 1. The number of aliphatic hydroxyl groups is 1. The summed E-state index contributed by atoms with van der Waals surface area (Å²) in [5.41, 5.74) is -0.233. The number of rotatable bonds is 1. The van der Waals surface area contributed by atoms with Gasteiger partial charge in [-0.1, -0.05) is 5.16 Å². The second-order valence-corrected chi connectivity index (χ2v) is 4.74. The highest BCUT2D eigenvalue weighted by Crippen LogP contribution is 2.30. The van der Waals surface area contributed by atoms with Crippen molar-refractivity contribution in [3.63, 3.8) is 0 Å². The van der Waals surface area contributed by atoms with Gasteiger partial charge in [0, 0.05) is 12.6 Å². The smallest absolute Gasteiger partial charge is 0.276 e. The molecule has 2 rings (SSSR count). The lowest BCUT2D eigenvalue weighted by atomic mass is 9.98. The molecule has 1 N–H and O–H groups in total. The van der Waals surface area contributed by atoms with Gasteiger partial charge in [-0.3, -0.25) is 4.79 Å². The fraction of sp³-hybridized carbons (Fsp3) is 0.636. The second-order valence-electron chi connectivity index (χ2n) is 4.74. The van der Waals surface area contributed by atoms with E-state index in [4.69, 9.17) is 4.52 Å². The van der Waals surface area contributed by atoms with E-state index in [-0.39, 0.29) is 5.91 Å². The normalized spacial score (nSPS) is 23.8. The van der Waals surface area contributed by atoms with Gasteiger partial charge in [0.05, 0.1) is 11.6 Å². The maximum atomic E-state index is 12.1. The first-order valence-corrected chi connectivity index (χ1v) is 5.36. The third kappa shape index (κ3) is 1.61. The van der Waals surface area contributed by atoms with Crippen LogP contribution >= 0.6 is 0 Å². The molecule has 88 valence electrons. The van der Waals surface area contributed by atoms with Crippen LogP contribution in [0.3, 0.4) is 0 Å². The number of carbonyl (C=O) groups excluding carboxylic acids is 1. The molecule has 1 aliphatic heterocycles. The SMILES string of the molecule is Cc1cc(C(=O)N2CCC(O)C2(C)C)no1. The summed E-state index contributed by atoms with van der Waals surface area (Å²) in [5.74, 6) is 0.430. The fourth-order valence-corrected chi connectivity index (χ4v) is 2.04. The lowest BCUT2D eigenvalue weighted by Crippen LogP contribution is -2.48. The van der Waals surface area contributed by atoms with Gasteiger partial charge in [0.15, 0.2) is 5.69 Å².